The van der Waals surface area contributed by atoms with Gasteiger partial charge >= 0.3 is 0 Å². The predicted octanol–water partition coefficient (Wildman–Crippen LogP) is 0.185. The third-order valence-electron chi connectivity index (χ3n) is 1.16. The molecule has 1 unspecified atom stereocenters. The molecule has 0 aromatic heterocycles. The minimum Gasteiger partial charge on any atom is -0.353 e. The van der Waals surface area contributed by atoms with Gasteiger partial charge in [0.2, 0.25) is 5.91 Å². The second-order valence-electron chi connectivity index (χ2n) is 1.88. The molecular weight excluding hydrogens is 120 g/mol. The molecule has 1 fully saturated rings. The van der Waals surface area contributed by atoms with Gasteiger partial charge in [-0.3, -0.25) is 4.79 Å². The SMILES string of the molecule is [N-]=[N+]=NCC1CC(=O)N1. The first-order valence-corrected chi connectivity index (χ1v) is 2.63. The number of nitrogens with zero attached hydrogens (tertiary/aromatic N) is 3. The highest BCUT2D eigenvalue weighted by atomic mass is 16.2. The van der Waals surface area contributed by atoms with Gasteiger partial charge in [-0.05, 0) is 5.53 Å². The summed E-state index contributed by atoms with van der Waals surface area (Å²) in [5, 5.41) is 5.87. The topological polar surface area (TPSA) is 77.9 Å². The van der Waals surface area contributed by atoms with Crippen molar-refractivity contribution in [2.75, 3.05) is 6.54 Å². The molecule has 0 aromatic rings. The molecule has 0 radical (unpaired) electrons. The zero-order valence-electron chi connectivity index (χ0n) is 4.74. The maximum Gasteiger partial charge on any atom is 0.222 e. The van der Waals surface area contributed by atoms with Gasteiger partial charge in [-0.2, -0.15) is 0 Å². The van der Waals surface area contributed by atoms with Crippen molar-refractivity contribution in [2.45, 2.75) is 12.5 Å². The molecule has 1 N–H and O–H groups in total. The Balaban J connectivity index is 2.17. The van der Waals surface area contributed by atoms with Gasteiger partial charge in [0.15, 0.2) is 0 Å². The van der Waals surface area contributed by atoms with Crippen molar-refractivity contribution >= 4 is 5.91 Å². The van der Waals surface area contributed by atoms with Crippen LogP contribution in [-0.4, -0.2) is 18.5 Å². The fourth-order valence-electron chi connectivity index (χ4n) is 0.676. The van der Waals surface area contributed by atoms with Gasteiger partial charge in [0.05, 0.1) is 0 Å². The van der Waals surface area contributed by atoms with E-state index >= 15 is 0 Å². The lowest BCUT2D eigenvalue weighted by molar-refractivity contribution is -0.127. The van der Waals surface area contributed by atoms with Crippen LogP contribution in [0.4, 0.5) is 0 Å². The molecule has 1 atom stereocenters. The molecular formula is C4H6N4O. The van der Waals surface area contributed by atoms with Crippen LogP contribution in [0.15, 0.2) is 5.11 Å². The molecule has 0 aromatic carbocycles. The number of rotatable bonds is 2. The molecule has 1 aliphatic heterocycles. The molecule has 0 spiro atoms. The normalized spacial score (nSPS) is 23.6. The first kappa shape index (κ1) is 5.91. The van der Waals surface area contributed by atoms with E-state index < -0.39 is 0 Å². The van der Waals surface area contributed by atoms with Crippen molar-refractivity contribution in [1.82, 2.24) is 5.32 Å². The summed E-state index contributed by atoms with van der Waals surface area (Å²) in [4.78, 5) is 12.8. The number of amides is 1. The highest BCUT2D eigenvalue weighted by molar-refractivity contribution is 5.82. The third kappa shape index (κ3) is 1.33. The van der Waals surface area contributed by atoms with E-state index in [1.165, 1.54) is 0 Å². The lowest BCUT2D eigenvalue weighted by Gasteiger charge is -2.24. The fraction of sp³-hybridized carbons (Fsp3) is 0.750. The Hall–Kier alpha value is -1.22. The number of hydrogen-bond acceptors (Lipinski definition) is 2. The van der Waals surface area contributed by atoms with Crippen molar-refractivity contribution in [1.29, 1.82) is 0 Å². The summed E-state index contributed by atoms with van der Waals surface area (Å²) in [6.45, 7) is 0.377. The molecule has 1 rings (SSSR count). The van der Waals surface area contributed by atoms with E-state index in [4.69, 9.17) is 5.53 Å². The van der Waals surface area contributed by atoms with E-state index in [1.807, 2.05) is 0 Å². The van der Waals surface area contributed by atoms with E-state index in [-0.39, 0.29) is 11.9 Å². The minimum atomic E-state index is 0.0353. The summed E-state index contributed by atoms with van der Waals surface area (Å²) >= 11 is 0. The van der Waals surface area contributed by atoms with Gasteiger partial charge < -0.3 is 5.32 Å². The van der Waals surface area contributed by atoms with E-state index in [1.54, 1.807) is 0 Å². The van der Waals surface area contributed by atoms with Crippen molar-refractivity contribution in [3.8, 4) is 0 Å². The fourth-order valence-corrected chi connectivity index (χ4v) is 0.676. The van der Waals surface area contributed by atoms with E-state index in [2.05, 4.69) is 15.3 Å². The van der Waals surface area contributed by atoms with Crippen LogP contribution in [0.2, 0.25) is 0 Å². The molecule has 1 heterocycles. The number of carbonyl (C=O) groups excluding carboxylic acids is 1. The smallest absolute Gasteiger partial charge is 0.222 e. The second kappa shape index (κ2) is 2.37. The zero-order chi connectivity index (χ0) is 6.69. The van der Waals surface area contributed by atoms with Crippen molar-refractivity contribution in [3.63, 3.8) is 0 Å². The minimum absolute atomic E-state index is 0.0353. The quantitative estimate of drug-likeness (QED) is 0.243. The largest absolute Gasteiger partial charge is 0.353 e. The monoisotopic (exact) mass is 126 g/mol. The number of azide groups is 1. The highest BCUT2D eigenvalue weighted by Gasteiger charge is 2.23. The summed E-state index contributed by atoms with van der Waals surface area (Å²) in [5.41, 5.74) is 7.85. The Morgan fingerprint density at radius 3 is 3.11 bits per heavy atom. The molecule has 5 heteroatoms. The van der Waals surface area contributed by atoms with Crippen molar-refractivity contribution in [3.05, 3.63) is 10.4 Å². The van der Waals surface area contributed by atoms with Gasteiger partial charge in [0, 0.05) is 23.9 Å². The average Bonchev–Trinajstić information content (AvgIpc) is 1.78. The van der Waals surface area contributed by atoms with Crippen LogP contribution in [0.3, 0.4) is 0 Å². The van der Waals surface area contributed by atoms with Gasteiger partial charge in [0.1, 0.15) is 0 Å². The summed E-state index contributed by atoms with van der Waals surface area (Å²) in [6.07, 6.45) is 0.499. The number of carbonyl (C=O) groups is 1. The Morgan fingerprint density at radius 2 is 2.67 bits per heavy atom. The lowest BCUT2D eigenvalue weighted by atomic mass is 10.1. The molecule has 0 aliphatic carbocycles. The average molecular weight is 126 g/mol. The highest BCUT2D eigenvalue weighted by Crippen LogP contribution is 2.03. The van der Waals surface area contributed by atoms with E-state index in [0.29, 0.717) is 13.0 Å². The predicted molar refractivity (Wildman–Crippen MR) is 30.6 cm³/mol. The Morgan fingerprint density at radius 1 is 2.00 bits per heavy atom. The number of nitrogens with one attached hydrogen (secondary N) is 1. The van der Waals surface area contributed by atoms with Crippen LogP contribution < -0.4 is 5.32 Å². The maximum atomic E-state index is 10.2. The number of hydrogen-bond donors (Lipinski definition) is 1. The molecule has 1 amide bonds. The van der Waals surface area contributed by atoms with Crippen molar-refractivity contribution < 1.29 is 4.79 Å². The molecule has 9 heavy (non-hydrogen) atoms. The van der Waals surface area contributed by atoms with Crippen LogP contribution in [0, 0.1) is 0 Å². The van der Waals surface area contributed by atoms with Crippen LogP contribution in [0.5, 0.6) is 0 Å². The van der Waals surface area contributed by atoms with Gasteiger partial charge in [-0.1, -0.05) is 5.11 Å². The standard InChI is InChI=1S/C4H6N4O/c5-8-6-2-3-1-4(9)7-3/h3H,1-2H2,(H,7,9). The molecule has 0 bridgehead atoms. The van der Waals surface area contributed by atoms with Gasteiger partial charge in [-0.25, -0.2) is 0 Å². The number of β-lactam (4-membered cyclic amide) rings is 1. The zero-order valence-corrected chi connectivity index (χ0v) is 4.74. The van der Waals surface area contributed by atoms with E-state index in [9.17, 15) is 4.79 Å². The van der Waals surface area contributed by atoms with E-state index in [0.717, 1.165) is 0 Å². The Bertz CT molecular complexity index is 163. The summed E-state index contributed by atoms with van der Waals surface area (Å²) in [6, 6.07) is 0.0911. The summed E-state index contributed by atoms with van der Waals surface area (Å²) in [7, 11) is 0. The van der Waals surface area contributed by atoms with Gasteiger partial charge in [-0.15, -0.1) is 0 Å². The molecule has 1 aliphatic rings. The van der Waals surface area contributed by atoms with Gasteiger partial charge in [0.25, 0.3) is 0 Å². The first-order valence-electron chi connectivity index (χ1n) is 2.63. The maximum absolute atomic E-state index is 10.2. The van der Waals surface area contributed by atoms with Crippen LogP contribution in [-0.2, 0) is 4.79 Å². The molecule has 0 saturated carbocycles. The van der Waals surface area contributed by atoms with Crippen LogP contribution >= 0.6 is 0 Å². The Kier molecular flexibility index (Phi) is 1.55. The van der Waals surface area contributed by atoms with Crippen LogP contribution in [0.1, 0.15) is 6.42 Å². The van der Waals surface area contributed by atoms with Crippen LogP contribution in [0.25, 0.3) is 10.4 Å². The Labute approximate surface area is 51.7 Å². The molecule has 5 nitrogen and oxygen atoms in total. The molecule has 1 saturated heterocycles. The second-order valence-corrected chi connectivity index (χ2v) is 1.88. The third-order valence-corrected chi connectivity index (χ3v) is 1.16. The summed E-state index contributed by atoms with van der Waals surface area (Å²) < 4.78 is 0. The van der Waals surface area contributed by atoms with Crippen molar-refractivity contribution in [2.24, 2.45) is 5.11 Å². The summed E-state index contributed by atoms with van der Waals surface area (Å²) in [5.74, 6) is 0.0353. The molecule has 48 valence electrons. The lowest BCUT2D eigenvalue weighted by Crippen LogP contribution is -2.50. The first-order chi connectivity index (χ1) is 4.33.